The highest BCUT2D eigenvalue weighted by atomic mass is 17.2. The van der Waals surface area contributed by atoms with Gasteiger partial charge in [-0.3, -0.25) is 9.99 Å². The highest BCUT2D eigenvalue weighted by Gasteiger charge is 2.14. The molecule has 4 aromatic rings. The van der Waals surface area contributed by atoms with Gasteiger partial charge < -0.3 is 0 Å². The maximum atomic E-state index is 12.1. The van der Waals surface area contributed by atoms with E-state index in [1.54, 1.807) is 42.7 Å². The van der Waals surface area contributed by atoms with E-state index in [4.69, 9.17) is 9.78 Å². The number of hydrogen-bond acceptors (Lipinski definition) is 5. The fraction of sp³-hybridized carbons (Fsp3) is 0. The van der Waals surface area contributed by atoms with Gasteiger partial charge in [0.1, 0.15) is 0 Å². The topological polar surface area (TPSA) is 77.1 Å². The van der Waals surface area contributed by atoms with Gasteiger partial charge in [-0.05, 0) is 29.8 Å². The van der Waals surface area contributed by atoms with Crippen LogP contribution in [0.5, 0.6) is 5.75 Å². The molecule has 0 spiro atoms. The first kappa shape index (κ1) is 14.9. The Morgan fingerprint density at radius 1 is 0.920 bits per heavy atom. The zero-order valence-corrected chi connectivity index (χ0v) is 13.0. The van der Waals surface area contributed by atoms with Gasteiger partial charge in [-0.25, -0.2) is 14.7 Å². The number of fused-ring (bicyclic) bond motifs is 1. The average molecular weight is 331 g/mol. The Morgan fingerprint density at radius 3 is 2.60 bits per heavy atom. The lowest BCUT2D eigenvalue weighted by molar-refractivity contribution is -0.149. The van der Waals surface area contributed by atoms with Crippen molar-refractivity contribution in [1.29, 1.82) is 0 Å². The Balaban J connectivity index is 1.64. The van der Waals surface area contributed by atoms with Crippen LogP contribution < -0.4 is 4.89 Å². The Morgan fingerprint density at radius 2 is 1.72 bits per heavy atom. The molecule has 0 saturated heterocycles. The summed E-state index contributed by atoms with van der Waals surface area (Å²) in [6.07, 6.45) is 3.38. The smallest absolute Gasteiger partial charge is 0.286 e. The summed E-state index contributed by atoms with van der Waals surface area (Å²) in [5, 5.41) is 7.71. The van der Waals surface area contributed by atoms with Crippen LogP contribution in [0.15, 0.2) is 73.1 Å². The summed E-state index contributed by atoms with van der Waals surface area (Å²) in [4.78, 5) is 26.6. The Kier molecular flexibility index (Phi) is 3.84. The summed E-state index contributed by atoms with van der Waals surface area (Å²) in [6.45, 7) is 0. The molecule has 0 aliphatic heterocycles. The van der Waals surface area contributed by atoms with Gasteiger partial charge in [-0.2, -0.15) is 5.10 Å². The van der Waals surface area contributed by atoms with Crippen LogP contribution in [0.4, 0.5) is 0 Å². The minimum atomic E-state index is -0.557. The third-order valence-corrected chi connectivity index (χ3v) is 3.75. The number of H-pyrrole nitrogens is 1. The maximum Gasteiger partial charge on any atom is 0.386 e. The monoisotopic (exact) mass is 331 g/mol. The van der Waals surface area contributed by atoms with Crippen molar-refractivity contribution in [3.8, 4) is 16.9 Å². The summed E-state index contributed by atoms with van der Waals surface area (Å²) in [7, 11) is 0. The molecule has 4 rings (SSSR count). The van der Waals surface area contributed by atoms with Gasteiger partial charge in [0, 0.05) is 17.1 Å². The predicted molar refractivity (Wildman–Crippen MR) is 91.8 cm³/mol. The number of nitrogens with one attached hydrogen (secondary N) is 1. The number of aromatic nitrogens is 3. The van der Waals surface area contributed by atoms with Gasteiger partial charge in [0.2, 0.25) is 0 Å². The van der Waals surface area contributed by atoms with Crippen molar-refractivity contribution in [2.24, 2.45) is 0 Å². The fourth-order valence-corrected chi connectivity index (χ4v) is 2.55. The van der Waals surface area contributed by atoms with E-state index in [9.17, 15) is 4.79 Å². The molecule has 25 heavy (non-hydrogen) atoms. The number of nitrogens with zero attached hydrogens (tertiary/aromatic N) is 2. The van der Waals surface area contributed by atoms with E-state index in [0.717, 1.165) is 16.5 Å². The van der Waals surface area contributed by atoms with Crippen molar-refractivity contribution in [1.82, 2.24) is 15.2 Å². The highest BCUT2D eigenvalue weighted by Crippen LogP contribution is 2.33. The van der Waals surface area contributed by atoms with E-state index < -0.39 is 5.97 Å². The molecule has 0 saturated carbocycles. The first-order valence-electron chi connectivity index (χ1n) is 7.64. The normalized spacial score (nSPS) is 10.6. The molecule has 122 valence electrons. The summed E-state index contributed by atoms with van der Waals surface area (Å²) in [5.74, 6) is -0.126. The van der Waals surface area contributed by atoms with E-state index in [1.165, 1.54) is 0 Å². The van der Waals surface area contributed by atoms with Crippen LogP contribution in [0.3, 0.4) is 0 Å². The largest absolute Gasteiger partial charge is 0.386 e. The average Bonchev–Trinajstić information content (AvgIpc) is 3.16. The van der Waals surface area contributed by atoms with Crippen LogP contribution in [0.2, 0.25) is 0 Å². The molecule has 0 atom stereocenters. The van der Waals surface area contributed by atoms with Crippen LogP contribution in [0.25, 0.3) is 22.2 Å². The zero-order chi connectivity index (χ0) is 17.1. The SMILES string of the molecule is O=C(OOc1ccccc1-c1ccnc2[nH]ncc12)c1ccccc1. The number of benzene rings is 2. The van der Waals surface area contributed by atoms with Crippen molar-refractivity contribution in [2.45, 2.75) is 0 Å². The van der Waals surface area contributed by atoms with Crippen LogP contribution in [-0.2, 0) is 4.89 Å². The van der Waals surface area contributed by atoms with Gasteiger partial charge >= 0.3 is 5.97 Å². The third-order valence-electron chi connectivity index (χ3n) is 3.75. The molecular formula is C19H13N3O3. The lowest BCUT2D eigenvalue weighted by atomic mass is 10.0. The molecule has 0 unspecified atom stereocenters. The summed E-state index contributed by atoms with van der Waals surface area (Å²) >= 11 is 0. The summed E-state index contributed by atoms with van der Waals surface area (Å²) in [5.41, 5.74) is 2.75. The number of carbonyl (C=O) groups is 1. The molecule has 0 radical (unpaired) electrons. The molecule has 0 bridgehead atoms. The molecule has 0 aliphatic rings. The van der Waals surface area contributed by atoms with Crippen molar-refractivity contribution in [3.05, 3.63) is 78.6 Å². The number of carbonyl (C=O) groups excluding carboxylic acids is 1. The van der Waals surface area contributed by atoms with Crippen molar-refractivity contribution >= 4 is 17.0 Å². The molecule has 0 aliphatic carbocycles. The van der Waals surface area contributed by atoms with Gasteiger partial charge in [0.05, 0.1) is 11.8 Å². The van der Waals surface area contributed by atoms with E-state index in [-0.39, 0.29) is 0 Å². The van der Waals surface area contributed by atoms with Crippen molar-refractivity contribution in [2.75, 3.05) is 0 Å². The van der Waals surface area contributed by atoms with Gasteiger partial charge in [-0.1, -0.05) is 36.4 Å². The van der Waals surface area contributed by atoms with Gasteiger partial charge in [0.15, 0.2) is 11.4 Å². The van der Waals surface area contributed by atoms with Gasteiger partial charge in [0.25, 0.3) is 0 Å². The first-order valence-corrected chi connectivity index (χ1v) is 7.64. The Bertz CT molecular complexity index is 1030. The van der Waals surface area contributed by atoms with Crippen LogP contribution in [-0.4, -0.2) is 21.2 Å². The first-order chi connectivity index (χ1) is 12.3. The number of aromatic amines is 1. The molecule has 0 fully saturated rings. The number of pyridine rings is 1. The van der Waals surface area contributed by atoms with Crippen LogP contribution in [0, 0.1) is 0 Å². The van der Waals surface area contributed by atoms with Gasteiger partial charge in [-0.15, -0.1) is 0 Å². The maximum absolute atomic E-state index is 12.1. The second-order valence-electron chi connectivity index (χ2n) is 5.31. The molecular weight excluding hydrogens is 318 g/mol. The van der Waals surface area contributed by atoms with Crippen molar-refractivity contribution in [3.63, 3.8) is 0 Å². The van der Waals surface area contributed by atoms with E-state index in [1.807, 2.05) is 30.3 Å². The lowest BCUT2D eigenvalue weighted by Crippen LogP contribution is -2.08. The number of rotatable bonds is 4. The summed E-state index contributed by atoms with van der Waals surface area (Å²) in [6, 6.07) is 17.8. The van der Waals surface area contributed by atoms with Crippen LogP contribution in [0.1, 0.15) is 10.4 Å². The van der Waals surface area contributed by atoms with E-state index in [2.05, 4.69) is 15.2 Å². The predicted octanol–water partition coefficient (Wildman–Crippen LogP) is 3.78. The highest BCUT2D eigenvalue weighted by molar-refractivity contribution is 5.94. The molecule has 1 N–H and O–H groups in total. The van der Waals surface area contributed by atoms with E-state index in [0.29, 0.717) is 17.0 Å². The Labute approximate surface area is 143 Å². The third kappa shape index (κ3) is 2.92. The molecule has 2 aromatic carbocycles. The zero-order valence-electron chi connectivity index (χ0n) is 13.0. The minimum absolute atomic E-state index is 0.418. The second-order valence-corrected chi connectivity index (χ2v) is 5.31. The van der Waals surface area contributed by atoms with E-state index >= 15 is 0 Å². The molecule has 2 aromatic heterocycles. The standard InChI is InChI=1S/C19H13N3O3/c23-19(13-6-2-1-3-7-13)25-24-17-9-5-4-8-15(17)14-10-11-20-18-16(14)12-21-22-18/h1-12H,(H,20,21,22). The fourth-order valence-electron chi connectivity index (χ4n) is 2.55. The molecule has 6 heteroatoms. The van der Waals surface area contributed by atoms with Crippen molar-refractivity contribution < 1.29 is 14.6 Å². The quantitative estimate of drug-likeness (QED) is 0.455. The molecule has 6 nitrogen and oxygen atoms in total. The second kappa shape index (κ2) is 6.45. The summed E-state index contributed by atoms with van der Waals surface area (Å²) < 4.78 is 0. The number of para-hydroxylation sites is 1. The molecule has 2 heterocycles. The number of hydrogen-bond donors (Lipinski definition) is 1. The van der Waals surface area contributed by atoms with Crippen LogP contribution >= 0.6 is 0 Å². The lowest BCUT2D eigenvalue weighted by Gasteiger charge is -2.10. The molecule has 0 amide bonds. The minimum Gasteiger partial charge on any atom is -0.286 e. The Hall–Kier alpha value is -3.67.